The summed E-state index contributed by atoms with van der Waals surface area (Å²) in [5, 5.41) is 3.15. The van der Waals surface area contributed by atoms with Crippen molar-refractivity contribution in [2.24, 2.45) is 0 Å². The van der Waals surface area contributed by atoms with Gasteiger partial charge in [-0.1, -0.05) is 35.3 Å². The molecule has 1 aromatic carbocycles. The van der Waals surface area contributed by atoms with Gasteiger partial charge >= 0.3 is 0 Å². The average molecular weight is 515 g/mol. The number of nitrogens with one attached hydrogen (secondary N) is 2. The van der Waals surface area contributed by atoms with Gasteiger partial charge in [0.1, 0.15) is 0 Å². The van der Waals surface area contributed by atoms with Gasteiger partial charge in [-0.3, -0.25) is 9.59 Å². The highest BCUT2D eigenvalue weighted by molar-refractivity contribution is 9.10. The molecule has 0 saturated carbocycles. The molecule has 0 aliphatic carbocycles. The number of likely N-dealkylation sites (N-methyl/N-ethyl adjacent to an activating group) is 1. The average Bonchev–Trinajstić information content (AvgIpc) is 3.02. The van der Waals surface area contributed by atoms with Gasteiger partial charge in [-0.25, -0.2) is 0 Å². The van der Waals surface area contributed by atoms with Crippen molar-refractivity contribution in [3.8, 4) is 0 Å². The third-order valence-corrected chi connectivity index (χ3v) is 7.03. The van der Waals surface area contributed by atoms with Crippen LogP contribution in [-0.2, 0) is 11.2 Å². The smallest absolute Gasteiger partial charge is 0.256 e. The Kier molecular flexibility index (Phi) is 8.92. The number of carbonyl (C=O) groups is 2. The summed E-state index contributed by atoms with van der Waals surface area (Å²) in [6.45, 7) is 7.60. The van der Waals surface area contributed by atoms with E-state index in [-0.39, 0.29) is 5.91 Å². The fourth-order valence-electron chi connectivity index (χ4n) is 4.40. The van der Waals surface area contributed by atoms with Gasteiger partial charge in [0.25, 0.3) is 5.91 Å². The van der Waals surface area contributed by atoms with E-state index in [4.69, 9.17) is 0 Å². The first kappa shape index (κ1) is 25.2. The number of amides is 1. The monoisotopic (exact) mass is 514 g/mol. The summed E-state index contributed by atoms with van der Waals surface area (Å²) in [6, 6.07) is 5.78. The number of aryl methyl sites for hydroxylation is 1. The van der Waals surface area contributed by atoms with Crippen LogP contribution in [0.1, 0.15) is 59.1 Å². The fraction of sp³-hybridized carbons (Fsp3) is 0.462. The zero-order valence-electron chi connectivity index (χ0n) is 20.1. The Morgan fingerprint density at radius 2 is 2.12 bits per heavy atom. The van der Waals surface area contributed by atoms with Crippen LogP contribution in [0, 0.1) is 6.92 Å². The number of fused-ring (bicyclic) bond motifs is 1. The summed E-state index contributed by atoms with van der Waals surface area (Å²) in [7, 11) is 3.96. The van der Waals surface area contributed by atoms with Crippen LogP contribution in [0.2, 0.25) is 0 Å². The molecule has 2 heterocycles. The maximum atomic E-state index is 13.5. The van der Waals surface area contributed by atoms with Crippen molar-refractivity contribution < 1.29 is 9.59 Å². The van der Waals surface area contributed by atoms with E-state index in [1.807, 2.05) is 43.1 Å². The van der Waals surface area contributed by atoms with Crippen molar-refractivity contribution in [2.45, 2.75) is 39.5 Å². The molecule has 2 aromatic rings. The second-order valence-electron chi connectivity index (χ2n) is 8.70. The second-order valence-corrected chi connectivity index (χ2v) is 9.55. The molecule has 1 aromatic heterocycles. The van der Waals surface area contributed by atoms with Crippen LogP contribution in [0.5, 0.6) is 0 Å². The quantitative estimate of drug-likeness (QED) is 0.346. The summed E-state index contributed by atoms with van der Waals surface area (Å²) in [5.41, 5.74) is 5.67. The van der Waals surface area contributed by atoms with Gasteiger partial charge < -0.3 is 20.1 Å². The topological polar surface area (TPSA) is 68.4 Å². The molecule has 6 nitrogen and oxygen atoms in total. The van der Waals surface area contributed by atoms with Gasteiger partial charge in [-0.15, -0.1) is 0 Å². The lowest BCUT2D eigenvalue weighted by Gasteiger charge is -2.24. The van der Waals surface area contributed by atoms with Crippen LogP contribution >= 0.6 is 15.9 Å². The molecule has 1 amide bonds. The predicted molar refractivity (Wildman–Crippen MR) is 140 cm³/mol. The number of aromatic amines is 1. The molecule has 0 saturated heterocycles. The van der Waals surface area contributed by atoms with Crippen molar-refractivity contribution in [2.75, 3.05) is 45.6 Å². The summed E-state index contributed by atoms with van der Waals surface area (Å²) in [6.07, 6.45) is 6.82. The number of carbonyl (C=O) groups excluding carboxylic acids is 2. The molecule has 7 heteroatoms. The summed E-state index contributed by atoms with van der Waals surface area (Å²) in [4.78, 5) is 33.3. The maximum Gasteiger partial charge on any atom is 0.256 e. The highest BCUT2D eigenvalue weighted by atomic mass is 79.9. The Bertz CT molecular complexity index is 1030. The minimum atomic E-state index is 0.0873. The van der Waals surface area contributed by atoms with Crippen molar-refractivity contribution in [3.05, 3.63) is 50.8 Å². The van der Waals surface area contributed by atoms with E-state index in [0.29, 0.717) is 5.57 Å². The molecular formula is C26H35BrN4O2. The molecular weight excluding hydrogens is 480 g/mol. The Balaban J connectivity index is 1.90. The first-order valence-electron chi connectivity index (χ1n) is 11.7. The molecule has 1 aliphatic rings. The first-order chi connectivity index (χ1) is 15.9. The summed E-state index contributed by atoms with van der Waals surface area (Å²) >= 11 is 3.58. The number of H-pyrrole nitrogens is 1. The lowest BCUT2D eigenvalue weighted by atomic mass is 10.0. The molecule has 0 fully saturated rings. The number of aldehydes is 1. The molecule has 178 valence electrons. The summed E-state index contributed by atoms with van der Waals surface area (Å²) < 4.78 is 0.841. The standard InChI is InChI=1S/C26H35BrN4O2/c1-5-6-12-30(4)14-15-31-13-8-11-22-24(26(31)33)18(2)23(29-22)16-19(17-32)25-20(27)9-7-10-21(25)28-3/h7,9-10,16-17,28-29H,5-6,8,11-15H2,1-4H3/b19-16+. The Labute approximate surface area is 205 Å². The minimum absolute atomic E-state index is 0.0873. The minimum Gasteiger partial charge on any atom is -0.388 e. The molecule has 3 rings (SSSR count). The number of unbranched alkanes of at least 4 members (excludes halogenated alkanes) is 1. The zero-order valence-corrected chi connectivity index (χ0v) is 21.7. The highest BCUT2D eigenvalue weighted by Crippen LogP contribution is 2.33. The molecule has 0 spiro atoms. The highest BCUT2D eigenvalue weighted by Gasteiger charge is 2.27. The van der Waals surface area contributed by atoms with E-state index in [1.165, 1.54) is 12.8 Å². The van der Waals surface area contributed by atoms with Crippen LogP contribution in [-0.4, -0.2) is 67.3 Å². The lowest BCUT2D eigenvalue weighted by Crippen LogP contribution is -2.38. The van der Waals surface area contributed by atoms with Crippen LogP contribution in [0.25, 0.3) is 11.6 Å². The van der Waals surface area contributed by atoms with Gasteiger partial charge in [-0.05, 0) is 63.6 Å². The van der Waals surface area contributed by atoms with Crippen molar-refractivity contribution >= 4 is 45.5 Å². The van der Waals surface area contributed by atoms with Crippen LogP contribution in [0.4, 0.5) is 5.69 Å². The van der Waals surface area contributed by atoms with Crippen LogP contribution in [0.3, 0.4) is 0 Å². The van der Waals surface area contributed by atoms with E-state index >= 15 is 0 Å². The largest absolute Gasteiger partial charge is 0.388 e. The Morgan fingerprint density at radius 1 is 1.33 bits per heavy atom. The molecule has 33 heavy (non-hydrogen) atoms. The Morgan fingerprint density at radius 3 is 2.82 bits per heavy atom. The van der Waals surface area contributed by atoms with Gasteiger partial charge in [0.2, 0.25) is 0 Å². The number of aromatic nitrogens is 1. The van der Waals surface area contributed by atoms with E-state index in [0.717, 1.165) is 83.5 Å². The maximum absolute atomic E-state index is 13.5. The molecule has 0 atom stereocenters. The van der Waals surface area contributed by atoms with Crippen molar-refractivity contribution in [1.29, 1.82) is 0 Å². The number of allylic oxidation sites excluding steroid dienone is 1. The third kappa shape index (κ3) is 5.76. The normalized spacial score (nSPS) is 14.4. The number of rotatable bonds is 10. The molecule has 0 unspecified atom stereocenters. The van der Waals surface area contributed by atoms with E-state index in [1.54, 1.807) is 0 Å². The second kappa shape index (κ2) is 11.7. The van der Waals surface area contributed by atoms with Crippen LogP contribution < -0.4 is 5.32 Å². The summed E-state index contributed by atoms with van der Waals surface area (Å²) in [5.74, 6) is 0.0873. The number of hydrogen-bond donors (Lipinski definition) is 2. The zero-order chi connectivity index (χ0) is 24.0. The van der Waals surface area contributed by atoms with Gasteiger partial charge in [0, 0.05) is 59.4 Å². The number of halogens is 1. The van der Waals surface area contributed by atoms with Crippen LogP contribution in [0.15, 0.2) is 22.7 Å². The first-order valence-corrected chi connectivity index (χ1v) is 12.5. The van der Waals surface area contributed by atoms with E-state index < -0.39 is 0 Å². The number of nitrogens with zero attached hydrogens (tertiary/aromatic N) is 2. The van der Waals surface area contributed by atoms with Gasteiger partial charge in [-0.2, -0.15) is 0 Å². The van der Waals surface area contributed by atoms with E-state index in [2.05, 4.69) is 45.1 Å². The van der Waals surface area contributed by atoms with Crippen molar-refractivity contribution in [1.82, 2.24) is 14.8 Å². The fourth-order valence-corrected chi connectivity index (χ4v) is 4.99. The SMILES string of the molecule is CCCCN(C)CCN1CCCc2[nH]c(/C=C(\C=O)c3c(Br)cccc3NC)c(C)c2C1=O. The number of hydrogen-bond acceptors (Lipinski definition) is 4. The van der Waals surface area contributed by atoms with Crippen molar-refractivity contribution in [3.63, 3.8) is 0 Å². The van der Waals surface area contributed by atoms with Gasteiger partial charge in [0.05, 0.1) is 5.56 Å². The molecule has 0 radical (unpaired) electrons. The molecule has 1 aliphatic heterocycles. The predicted octanol–water partition coefficient (Wildman–Crippen LogP) is 4.99. The Hall–Kier alpha value is -2.38. The molecule has 0 bridgehead atoms. The lowest BCUT2D eigenvalue weighted by molar-refractivity contribution is -0.103. The third-order valence-electron chi connectivity index (χ3n) is 6.37. The van der Waals surface area contributed by atoms with Gasteiger partial charge in [0.15, 0.2) is 6.29 Å². The number of benzene rings is 1. The van der Waals surface area contributed by atoms with E-state index in [9.17, 15) is 9.59 Å². The number of anilines is 1. The molecule has 2 N–H and O–H groups in total.